The standard InChI is InChI=1S/C15H18O2/c1-2-3-4-5-12-6-9-15-13(10-12)7-8-14(16)11-17-15/h6-10H,2-5,11H2,1H3. The number of rotatable bonds is 4. The molecule has 0 spiro atoms. The summed E-state index contributed by atoms with van der Waals surface area (Å²) in [5, 5.41) is 0. The Morgan fingerprint density at radius 3 is 2.94 bits per heavy atom. The second kappa shape index (κ2) is 5.67. The van der Waals surface area contributed by atoms with Gasteiger partial charge in [-0.2, -0.15) is 0 Å². The fraction of sp³-hybridized carbons (Fsp3) is 0.400. The Kier molecular flexibility index (Phi) is 3.97. The van der Waals surface area contributed by atoms with E-state index >= 15 is 0 Å². The third-order valence-corrected chi connectivity index (χ3v) is 2.96. The van der Waals surface area contributed by atoms with Crippen LogP contribution in [0.25, 0.3) is 6.08 Å². The van der Waals surface area contributed by atoms with Crippen LogP contribution in [0.15, 0.2) is 24.3 Å². The van der Waals surface area contributed by atoms with Crippen molar-refractivity contribution >= 4 is 11.9 Å². The van der Waals surface area contributed by atoms with E-state index in [4.69, 9.17) is 4.74 Å². The van der Waals surface area contributed by atoms with Crippen LogP contribution < -0.4 is 4.74 Å². The molecule has 0 atom stereocenters. The highest BCUT2D eigenvalue weighted by Crippen LogP contribution is 2.24. The second-order valence-electron chi connectivity index (χ2n) is 4.42. The molecule has 0 bridgehead atoms. The molecule has 1 aromatic rings. The molecular formula is C15H18O2. The minimum Gasteiger partial charge on any atom is -0.485 e. The van der Waals surface area contributed by atoms with Gasteiger partial charge in [0.2, 0.25) is 0 Å². The minimum atomic E-state index is 0.0220. The Labute approximate surface area is 102 Å². The molecule has 0 unspecified atom stereocenters. The number of ketones is 1. The zero-order chi connectivity index (χ0) is 12.1. The lowest BCUT2D eigenvalue weighted by atomic mass is 10.0. The molecule has 0 N–H and O–H groups in total. The number of fused-ring (bicyclic) bond motifs is 1. The number of benzene rings is 1. The van der Waals surface area contributed by atoms with Gasteiger partial charge in [0.05, 0.1) is 0 Å². The Morgan fingerprint density at radius 2 is 2.12 bits per heavy atom. The molecule has 0 saturated carbocycles. The number of hydrogen-bond acceptors (Lipinski definition) is 2. The van der Waals surface area contributed by atoms with Crippen LogP contribution >= 0.6 is 0 Å². The van der Waals surface area contributed by atoms with E-state index in [1.807, 2.05) is 12.1 Å². The number of unbranched alkanes of at least 4 members (excludes halogenated alkanes) is 2. The maximum Gasteiger partial charge on any atom is 0.193 e. The van der Waals surface area contributed by atoms with Crippen LogP contribution in [-0.4, -0.2) is 12.4 Å². The summed E-state index contributed by atoms with van der Waals surface area (Å²) in [6.07, 6.45) is 8.28. The molecule has 1 aliphatic rings. The van der Waals surface area contributed by atoms with Gasteiger partial charge in [0.25, 0.3) is 0 Å². The SMILES string of the molecule is CCCCCc1ccc2c(c1)C=CC(=O)CO2. The van der Waals surface area contributed by atoms with E-state index in [-0.39, 0.29) is 12.4 Å². The predicted molar refractivity (Wildman–Crippen MR) is 69.2 cm³/mol. The minimum absolute atomic E-state index is 0.0220. The van der Waals surface area contributed by atoms with Crippen molar-refractivity contribution in [1.82, 2.24) is 0 Å². The lowest BCUT2D eigenvalue weighted by Gasteiger charge is -2.08. The number of aryl methyl sites for hydroxylation is 1. The van der Waals surface area contributed by atoms with Crippen molar-refractivity contribution in [2.45, 2.75) is 32.6 Å². The molecule has 2 heteroatoms. The smallest absolute Gasteiger partial charge is 0.193 e. The Bertz CT molecular complexity index is 433. The second-order valence-corrected chi connectivity index (χ2v) is 4.42. The van der Waals surface area contributed by atoms with Crippen molar-refractivity contribution < 1.29 is 9.53 Å². The van der Waals surface area contributed by atoms with E-state index in [2.05, 4.69) is 19.1 Å². The van der Waals surface area contributed by atoms with Crippen molar-refractivity contribution in [2.24, 2.45) is 0 Å². The van der Waals surface area contributed by atoms with Crippen LogP contribution in [0.1, 0.15) is 37.3 Å². The monoisotopic (exact) mass is 230 g/mol. The summed E-state index contributed by atoms with van der Waals surface area (Å²) in [4.78, 5) is 11.2. The summed E-state index contributed by atoms with van der Waals surface area (Å²) in [5.41, 5.74) is 2.34. The molecule has 0 amide bonds. The molecule has 17 heavy (non-hydrogen) atoms. The highest BCUT2D eigenvalue weighted by atomic mass is 16.5. The van der Waals surface area contributed by atoms with Gasteiger partial charge >= 0.3 is 0 Å². The van der Waals surface area contributed by atoms with Gasteiger partial charge in [0.15, 0.2) is 12.4 Å². The molecule has 0 aliphatic carbocycles. The number of carbonyl (C=O) groups excluding carboxylic acids is 1. The van der Waals surface area contributed by atoms with Crippen LogP contribution in [-0.2, 0) is 11.2 Å². The average molecular weight is 230 g/mol. The first-order chi connectivity index (χ1) is 8.29. The normalized spacial score (nSPS) is 14.1. The van der Waals surface area contributed by atoms with Crippen LogP contribution in [0.4, 0.5) is 0 Å². The van der Waals surface area contributed by atoms with Crippen LogP contribution in [0, 0.1) is 0 Å². The zero-order valence-electron chi connectivity index (χ0n) is 10.2. The van der Waals surface area contributed by atoms with Gasteiger partial charge in [0, 0.05) is 5.56 Å². The number of hydrogen-bond donors (Lipinski definition) is 0. The molecule has 2 nitrogen and oxygen atoms in total. The largest absolute Gasteiger partial charge is 0.485 e. The molecular weight excluding hydrogens is 212 g/mol. The van der Waals surface area contributed by atoms with Crippen molar-refractivity contribution in [3.05, 3.63) is 35.4 Å². The van der Waals surface area contributed by atoms with E-state index in [1.54, 1.807) is 6.08 Å². The molecule has 0 radical (unpaired) electrons. The first-order valence-electron chi connectivity index (χ1n) is 6.26. The van der Waals surface area contributed by atoms with E-state index in [1.165, 1.54) is 24.8 Å². The van der Waals surface area contributed by atoms with Crippen molar-refractivity contribution in [3.63, 3.8) is 0 Å². The van der Waals surface area contributed by atoms with Gasteiger partial charge in [0.1, 0.15) is 5.75 Å². The molecule has 0 aromatic heterocycles. The summed E-state index contributed by atoms with van der Waals surface area (Å²) in [6.45, 7) is 2.36. The lowest BCUT2D eigenvalue weighted by molar-refractivity contribution is -0.116. The van der Waals surface area contributed by atoms with Crippen LogP contribution in [0.5, 0.6) is 5.75 Å². The Balaban J connectivity index is 2.12. The Hall–Kier alpha value is -1.57. The molecule has 1 aromatic carbocycles. The van der Waals surface area contributed by atoms with Gasteiger partial charge in [-0.1, -0.05) is 25.8 Å². The highest BCUT2D eigenvalue weighted by molar-refractivity contribution is 5.96. The average Bonchev–Trinajstić information content (AvgIpc) is 2.52. The van der Waals surface area contributed by atoms with Gasteiger partial charge < -0.3 is 4.74 Å². The first kappa shape index (κ1) is 11.9. The summed E-state index contributed by atoms with van der Waals surface area (Å²) in [6, 6.07) is 6.19. The molecule has 2 rings (SSSR count). The highest BCUT2D eigenvalue weighted by Gasteiger charge is 2.09. The summed E-state index contributed by atoms with van der Waals surface area (Å²) < 4.78 is 5.43. The maximum absolute atomic E-state index is 11.2. The van der Waals surface area contributed by atoms with Gasteiger partial charge in [-0.15, -0.1) is 0 Å². The summed E-state index contributed by atoms with van der Waals surface area (Å²) in [5.74, 6) is 0.833. The van der Waals surface area contributed by atoms with Crippen LogP contribution in [0.2, 0.25) is 0 Å². The fourth-order valence-electron chi connectivity index (χ4n) is 1.97. The summed E-state index contributed by atoms with van der Waals surface area (Å²) >= 11 is 0. The third kappa shape index (κ3) is 3.19. The molecule has 1 heterocycles. The Morgan fingerprint density at radius 1 is 1.24 bits per heavy atom. The molecule has 90 valence electrons. The van der Waals surface area contributed by atoms with E-state index in [9.17, 15) is 4.79 Å². The maximum atomic E-state index is 11.2. The van der Waals surface area contributed by atoms with Crippen molar-refractivity contribution in [2.75, 3.05) is 6.61 Å². The fourth-order valence-corrected chi connectivity index (χ4v) is 1.97. The zero-order valence-corrected chi connectivity index (χ0v) is 10.2. The van der Waals surface area contributed by atoms with Crippen molar-refractivity contribution in [1.29, 1.82) is 0 Å². The van der Waals surface area contributed by atoms with E-state index in [0.29, 0.717) is 0 Å². The van der Waals surface area contributed by atoms with Gasteiger partial charge in [-0.05, 0) is 42.7 Å². The van der Waals surface area contributed by atoms with Gasteiger partial charge in [-0.3, -0.25) is 4.79 Å². The van der Waals surface area contributed by atoms with E-state index < -0.39 is 0 Å². The van der Waals surface area contributed by atoms with E-state index in [0.717, 1.165) is 17.7 Å². The predicted octanol–water partition coefficient (Wildman–Crippen LogP) is 3.39. The topological polar surface area (TPSA) is 26.3 Å². The molecule has 1 aliphatic heterocycles. The van der Waals surface area contributed by atoms with Gasteiger partial charge in [-0.25, -0.2) is 0 Å². The molecule has 0 saturated heterocycles. The third-order valence-electron chi connectivity index (χ3n) is 2.96. The lowest BCUT2D eigenvalue weighted by Crippen LogP contribution is -2.06. The molecule has 0 fully saturated rings. The quantitative estimate of drug-likeness (QED) is 0.741. The van der Waals surface area contributed by atoms with Crippen LogP contribution in [0.3, 0.4) is 0 Å². The first-order valence-corrected chi connectivity index (χ1v) is 6.26. The number of carbonyl (C=O) groups is 1. The summed E-state index contributed by atoms with van der Waals surface area (Å²) in [7, 11) is 0. The van der Waals surface area contributed by atoms with Crippen molar-refractivity contribution in [3.8, 4) is 5.75 Å². The number of ether oxygens (including phenoxy) is 1.